The zero-order valence-electron chi connectivity index (χ0n) is 6.79. The van der Waals surface area contributed by atoms with Gasteiger partial charge in [-0.25, -0.2) is 0 Å². The highest BCUT2D eigenvalue weighted by molar-refractivity contribution is 5.85. The zero-order chi connectivity index (χ0) is 7.56. The molecule has 0 unspecified atom stereocenters. The molecular weight excluding hydrogens is 160 g/mol. The Labute approximate surface area is 73.2 Å². The molecule has 62 valence electrons. The monoisotopic (exact) mass is 172 g/mol. The Kier molecular flexibility index (Phi) is 4.08. The van der Waals surface area contributed by atoms with Gasteiger partial charge in [0, 0.05) is 18.4 Å². The molecule has 0 amide bonds. The van der Waals surface area contributed by atoms with Gasteiger partial charge < -0.3 is 5.73 Å². The van der Waals surface area contributed by atoms with E-state index in [1.165, 1.54) is 11.1 Å². The average molecular weight is 173 g/mol. The Bertz CT molecular complexity index is 236. The molecule has 0 fully saturated rings. The second-order valence-electron chi connectivity index (χ2n) is 2.46. The highest BCUT2D eigenvalue weighted by atomic mass is 35.5. The molecule has 0 radical (unpaired) electrons. The van der Waals surface area contributed by atoms with E-state index in [9.17, 15) is 0 Å². The highest BCUT2D eigenvalue weighted by Crippen LogP contribution is 2.05. The lowest BCUT2D eigenvalue weighted by Crippen LogP contribution is -2.00. The molecule has 0 saturated heterocycles. The first kappa shape index (κ1) is 10.4. The van der Waals surface area contributed by atoms with Gasteiger partial charge in [0.05, 0.1) is 0 Å². The van der Waals surface area contributed by atoms with Crippen LogP contribution in [0, 0.1) is 13.8 Å². The number of hydrogen-bond acceptors (Lipinski definition) is 2. The van der Waals surface area contributed by atoms with Crippen LogP contribution in [0.3, 0.4) is 0 Å². The molecule has 11 heavy (non-hydrogen) atoms. The highest BCUT2D eigenvalue weighted by Gasteiger charge is 1.94. The number of hydrogen-bond donors (Lipinski definition) is 1. The second kappa shape index (κ2) is 4.31. The molecule has 2 N–H and O–H groups in total. The van der Waals surface area contributed by atoms with E-state index in [-0.39, 0.29) is 12.4 Å². The van der Waals surface area contributed by atoms with Crippen molar-refractivity contribution in [1.29, 1.82) is 0 Å². The van der Waals surface area contributed by atoms with E-state index in [4.69, 9.17) is 5.73 Å². The fourth-order valence-electron chi connectivity index (χ4n) is 0.905. The summed E-state index contributed by atoms with van der Waals surface area (Å²) >= 11 is 0. The summed E-state index contributed by atoms with van der Waals surface area (Å²) < 4.78 is 0. The molecule has 0 spiro atoms. The quantitative estimate of drug-likeness (QED) is 0.699. The zero-order valence-corrected chi connectivity index (χ0v) is 7.61. The predicted octanol–water partition coefficient (Wildman–Crippen LogP) is 1.58. The van der Waals surface area contributed by atoms with Gasteiger partial charge in [-0.1, -0.05) is 0 Å². The van der Waals surface area contributed by atoms with Gasteiger partial charge in [-0.05, 0) is 31.0 Å². The van der Waals surface area contributed by atoms with E-state index in [1.807, 2.05) is 26.1 Å². The molecule has 1 aromatic rings. The summed E-state index contributed by atoms with van der Waals surface area (Å²) in [6.45, 7) is 4.60. The van der Waals surface area contributed by atoms with Gasteiger partial charge in [0.2, 0.25) is 0 Å². The smallest absolute Gasteiger partial charge is 0.0376 e. The van der Waals surface area contributed by atoms with Crippen LogP contribution in [0.4, 0.5) is 0 Å². The van der Waals surface area contributed by atoms with Crippen molar-refractivity contribution >= 4 is 12.4 Å². The van der Waals surface area contributed by atoms with Gasteiger partial charge in [-0.15, -0.1) is 12.4 Å². The van der Waals surface area contributed by atoms with Crippen molar-refractivity contribution in [3.63, 3.8) is 0 Å². The van der Waals surface area contributed by atoms with Crippen LogP contribution in [0.1, 0.15) is 16.8 Å². The number of rotatable bonds is 1. The third kappa shape index (κ3) is 2.48. The lowest BCUT2D eigenvalue weighted by molar-refractivity contribution is 1.02. The Morgan fingerprint density at radius 2 is 2.09 bits per heavy atom. The van der Waals surface area contributed by atoms with Crippen LogP contribution in [0.2, 0.25) is 0 Å². The van der Waals surface area contributed by atoms with Crippen molar-refractivity contribution in [3.05, 3.63) is 29.1 Å². The first-order valence-corrected chi connectivity index (χ1v) is 3.36. The SMILES string of the molecule is Cc1cc(CN)c(C)cn1.Cl. The Morgan fingerprint density at radius 3 is 2.55 bits per heavy atom. The Morgan fingerprint density at radius 1 is 1.45 bits per heavy atom. The third-order valence-electron chi connectivity index (χ3n) is 1.57. The van der Waals surface area contributed by atoms with Gasteiger partial charge >= 0.3 is 0 Å². The third-order valence-corrected chi connectivity index (χ3v) is 1.57. The van der Waals surface area contributed by atoms with E-state index in [1.54, 1.807) is 0 Å². The number of pyridine rings is 1. The predicted molar refractivity (Wildman–Crippen MR) is 48.9 cm³/mol. The molecule has 0 aliphatic carbocycles. The first-order valence-electron chi connectivity index (χ1n) is 3.36. The minimum atomic E-state index is 0. The van der Waals surface area contributed by atoms with E-state index < -0.39 is 0 Å². The maximum Gasteiger partial charge on any atom is 0.0376 e. The number of nitrogens with two attached hydrogens (primary N) is 1. The lowest BCUT2D eigenvalue weighted by atomic mass is 10.1. The number of halogens is 1. The molecule has 0 saturated carbocycles. The van der Waals surface area contributed by atoms with E-state index in [0.717, 1.165) is 5.69 Å². The van der Waals surface area contributed by atoms with Gasteiger partial charge in [0.25, 0.3) is 0 Å². The van der Waals surface area contributed by atoms with Crippen molar-refractivity contribution in [2.75, 3.05) is 0 Å². The molecule has 0 aliphatic rings. The molecule has 2 nitrogen and oxygen atoms in total. The van der Waals surface area contributed by atoms with Gasteiger partial charge in [0.1, 0.15) is 0 Å². The molecule has 0 bridgehead atoms. The van der Waals surface area contributed by atoms with Crippen LogP contribution in [-0.4, -0.2) is 4.98 Å². The second-order valence-corrected chi connectivity index (χ2v) is 2.46. The maximum absolute atomic E-state index is 5.49. The van der Waals surface area contributed by atoms with E-state index in [0.29, 0.717) is 6.54 Å². The van der Waals surface area contributed by atoms with Gasteiger partial charge in [-0.3, -0.25) is 4.98 Å². The summed E-state index contributed by atoms with van der Waals surface area (Å²) in [5.41, 5.74) is 8.89. The number of aromatic nitrogens is 1. The van der Waals surface area contributed by atoms with Gasteiger partial charge in [0.15, 0.2) is 0 Å². The van der Waals surface area contributed by atoms with E-state index >= 15 is 0 Å². The molecule has 1 aromatic heterocycles. The maximum atomic E-state index is 5.49. The standard InChI is InChI=1S/C8H12N2.ClH/c1-6-5-10-7(2)3-8(6)4-9;/h3,5H,4,9H2,1-2H3;1H. The van der Waals surface area contributed by atoms with Crippen molar-refractivity contribution < 1.29 is 0 Å². The Hall–Kier alpha value is -0.600. The van der Waals surface area contributed by atoms with Crippen LogP contribution in [0.15, 0.2) is 12.3 Å². The summed E-state index contributed by atoms with van der Waals surface area (Å²) in [5.74, 6) is 0. The van der Waals surface area contributed by atoms with Crippen LogP contribution >= 0.6 is 12.4 Å². The molecule has 3 heteroatoms. The molecule has 0 atom stereocenters. The van der Waals surface area contributed by atoms with Gasteiger partial charge in [-0.2, -0.15) is 0 Å². The number of nitrogens with zero attached hydrogens (tertiary/aromatic N) is 1. The normalized spacial score (nSPS) is 9.00. The molecule has 1 heterocycles. The van der Waals surface area contributed by atoms with Crippen LogP contribution in [-0.2, 0) is 6.54 Å². The topological polar surface area (TPSA) is 38.9 Å². The molecule has 0 aromatic carbocycles. The first-order chi connectivity index (χ1) is 4.74. The molecule has 1 rings (SSSR count). The fourth-order valence-corrected chi connectivity index (χ4v) is 0.905. The van der Waals surface area contributed by atoms with Crippen LogP contribution in [0.5, 0.6) is 0 Å². The van der Waals surface area contributed by atoms with Crippen molar-refractivity contribution in [1.82, 2.24) is 4.98 Å². The minimum absolute atomic E-state index is 0. The number of aryl methyl sites for hydroxylation is 2. The Balaban J connectivity index is 0.000001000. The minimum Gasteiger partial charge on any atom is -0.326 e. The van der Waals surface area contributed by atoms with Crippen molar-refractivity contribution in [2.45, 2.75) is 20.4 Å². The fraction of sp³-hybridized carbons (Fsp3) is 0.375. The average Bonchev–Trinajstić information content (AvgIpc) is 1.94. The van der Waals surface area contributed by atoms with Crippen molar-refractivity contribution in [3.8, 4) is 0 Å². The summed E-state index contributed by atoms with van der Waals surface area (Å²) in [5, 5.41) is 0. The summed E-state index contributed by atoms with van der Waals surface area (Å²) in [6.07, 6.45) is 1.86. The molecule has 0 aliphatic heterocycles. The summed E-state index contributed by atoms with van der Waals surface area (Å²) in [4.78, 5) is 4.13. The van der Waals surface area contributed by atoms with Crippen LogP contribution in [0.25, 0.3) is 0 Å². The molecular formula is C8H13ClN2. The van der Waals surface area contributed by atoms with E-state index in [2.05, 4.69) is 4.98 Å². The summed E-state index contributed by atoms with van der Waals surface area (Å²) in [6, 6.07) is 2.02. The van der Waals surface area contributed by atoms with Crippen LogP contribution < -0.4 is 5.73 Å². The summed E-state index contributed by atoms with van der Waals surface area (Å²) in [7, 11) is 0. The lowest BCUT2D eigenvalue weighted by Gasteiger charge is -2.01. The largest absolute Gasteiger partial charge is 0.326 e. The van der Waals surface area contributed by atoms with Crippen molar-refractivity contribution in [2.24, 2.45) is 5.73 Å².